The van der Waals surface area contributed by atoms with Crippen molar-refractivity contribution in [2.45, 2.75) is 25.8 Å². The first-order chi connectivity index (χ1) is 9.26. The van der Waals surface area contributed by atoms with E-state index in [-0.39, 0.29) is 0 Å². The molecule has 0 radical (unpaired) electrons. The zero-order valence-electron chi connectivity index (χ0n) is 11.9. The lowest BCUT2D eigenvalue weighted by Gasteiger charge is -2.17. The van der Waals surface area contributed by atoms with Gasteiger partial charge < -0.3 is 20.3 Å². The molecule has 1 fully saturated rings. The van der Waals surface area contributed by atoms with E-state index in [1.807, 2.05) is 6.92 Å². The standard InChI is InChI=1S/C13H23N5O/c1-4-14-12-11(19-3)13(17-9-16-12)15-7-8-18(2)10-5-6-10/h9-10H,4-8H2,1-3H3,(H2,14,15,16,17). The van der Waals surface area contributed by atoms with Gasteiger partial charge in [0.15, 0.2) is 11.6 Å². The van der Waals surface area contributed by atoms with Crippen LogP contribution in [0, 0.1) is 0 Å². The molecule has 1 aromatic rings. The van der Waals surface area contributed by atoms with Gasteiger partial charge in [-0.15, -0.1) is 0 Å². The topological polar surface area (TPSA) is 62.3 Å². The van der Waals surface area contributed by atoms with Gasteiger partial charge in [-0.3, -0.25) is 0 Å². The zero-order chi connectivity index (χ0) is 13.7. The van der Waals surface area contributed by atoms with Crippen molar-refractivity contribution in [3.05, 3.63) is 6.33 Å². The summed E-state index contributed by atoms with van der Waals surface area (Å²) < 4.78 is 5.38. The number of rotatable bonds is 8. The molecule has 2 rings (SSSR count). The molecule has 0 aliphatic heterocycles. The van der Waals surface area contributed by atoms with Gasteiger partial charge in [0, 0.05) is 25.7 Å². The van der Waals surface area contributed by atoms with Crippen LogP contribution in [0.5, 0.6) is 5.75 Å². The van der Waals surface area contributed by atoms with Gasteiger partial charge in [-0.2, -0.15) is 0 Å². The summed E-state index contributed by atoms with van der Waals surface area (Å²) in [5.41, 5.74) is 0. The summed E-state index contributed by atoms with van der Waals surface area (Å²) in [6.45, 7) is 4.69. The molecular weight excluding hydrogens is 242 g/mol. The number of hydrogen-bond donors (Lipinski definition) is 2. The van der Waals surface area contributed by atoms with Crippen molar-refractivity contribution in [3.63, 3.8) is 0 Å². The summed E-state index contributed by atoms with van der Waals surface area (Å²) in [5, 5.41) is 6.49. The largest absolute Gasteiger partial charge is 0.490 e. The van der Waals surface area contributed by atoms with Crippen LogP contribution in [0.25, 0.3) is 0 Å². The molecule has 0 aromatic carbocycles. The number of nitrogens with zero attached hydrogens (tertiary/aromatic N) is 3. The lowest BCUT2D eigenvalue weighted by atomic mass is 10.4. The van der Waals surface area contributed by atoms with Crippen molar-refractivity contribution < 1.29 is 4.74 Å². The summed E-state index contributed by atoms with van der Waals surface area (Å²) in [7, 11) is 3.81. The van der Waals surface area contributed by atoms with E-state index >= 15 is 0 Å². The maximum absolute atomic E-state index is 5.38. The first-order valence-corrected chi connectivity index (χ1v) is 6.83. The van der Waals surface area contributed by atoms with E-state index in [9.17, 15) is 0 Å². The number of methoxy groups -OCH3 is 1. The Kier molecular flexibility index (Phi) is 4.79. The van der Waals surface area contributed by atoms with E-state index in [1.165, 1.54) is 12.8 Å². The molecular formula is C13H23N5O. The highest BCUT2D eigenvalue weighted by atomic mass is 16.5. The van der Waals surface area contributed by atoms with Crippen LogP contribution in [-0.2, 0) is 0 Å². The molecule has 0 unspecified atom stereocenters. The van der Waals surface area contributed by atoms with Crippen molar-refractivity contribution in [1.82, 2.24) is 14.9 Å². The van der Waals surface area contributed by atoms with Crippen molar-refractivity contribution in [2.24, 2.45) is 0 Å². The minimum Gasteiger partial charge on any atom is -0.490 e. The van der Waals surface area contributed by atoms with Gasteiger partial charge in [0.2, 0.25) is 5.75 Å². The number of hydrogen-bond acceptors (Lipinski definition) is 6. The first kappa shape index (κ1) is 13.9. The second-order valence-corrected chi connectivity index (χ2v) is 4.77. The fraction of sp³-hybridized carbons (Fsp3) is 0.692. The van der Waals surface area contributed by atoms with Crippen molar-refractivity contribution in [3.8, 4) is 5.75 Å². The van der Waals surface area contributed by atoms with Crippen LogP contribution in [0.4, 0.5) is 11.6 Å². The first-order valence-electron chi connectivity index (χ1n) is 6.83. The smallest absolute Gasteiger partial charge is 0.204 e. The van der Waals surface area contributed by atoms with E-state index in [1.54, 1.807) is 13.4 Å². The SMILES string of the molecule is CCNc1ncnc(NCCN(C)C2CC2)c1OC. The highest BCUT2D eigenvalue weighted by Gasteiger charge is 2.25. The molecule has 1 aliphatic rings. The Morgan fingerprint density at radius 3 is 2.58 bits per heavy atom. The molecule has 0 saturated heterocycles. The van der Waals surface area contributed by atoms with Crippen LogP contribution >= 0.6 is 0 Å². The van der Waals surface area contributed by atoms with Gasteiger partial charge in [-0.25, -0.2) is 9.97 Å². The predicted octanol–water partition coefficient (Wildman–Crippen LogP) is 1.42. The predicted molar refractivity (Wildman–Crippen MR) is 76.9 cm³/mol. The van der Waals surface area contributed by atoms with E-state index in [0.29, 0.717) is 5.75 Å². The molecule has 2 N–H and O–H groups in total. The number of ether oxygens (including phenoxy) is 1. The molecule has 1 aliphatic carbocycles. The summed E-state index contributed by atoms with van der Waals surface area (Å²) in [5.74, 6) is 2.16. The van der Waals surface area contributed by atoms with E-state index in [4.69, 9.17) is 4.74 Å². The maximum atomic E-state index is 5.38. The molecule has 0 spiro atoms. The Hall–Kier alpha value is -1.56. The summed E-state index contributed by atoms with van der Waals surface area (Å²) in [6, 6.07) is 0.784. The number of likely N-dealkylation sites (N-methyl/N-ethyl adjacent to an activating group) is 1. The average Bonchev–Trinajstić information content (AvgIpc) is 3.23. The molecule has 1 saturated carbocycles. The van der Waals surface area contributed by atoms with Crippen LogP contribution < -0.4 is 15.4 Å². The molecule has 1 aromatic heterocycles. The lowest BCUT2D eigenvalue weighted by molar-refractivity contribution is 0.336. The minimum atomic E-state index is 0.679. The van der Waals surface area contributed by atoms with E-state index in [0.717, 1.165) is 37.3 Å². The second-order valence-electron chi connectivity index (χ2n) is 4.77. The quantitative estimate of drug-likeness (QED) is 0.741. The highest BCUT2D eigenvalue weighted by molar-refractivity contribution is 5.63. The molecule has 0 amide bonds. The molecule has 0 bridgehead atoms. The Balaban J connectivity index is 1.92. The second kappa shape index (κ2) is 6.56. The summed E-state index contributed by atoms with van der Waals surface area (Å²) in [4.78, 5) is 10.8. The van der Waals surface area contributed by atoms with Crippen LogP contribution in [-0.4, -0.2) is 54.7 Å². The minimum absolute atomic E-state index is 0.679. The van der Waals surface area contributed by atoms with Crippen LogP contribution in [0.15, 0.2) is 6.33 Å². The van der Waals surface area contributed by atoms with Crippen molar-refractivity contribution in [2.75, 3.05) is 44.4 Å². The zero-order valence-corrected chi connectivity index (χ0v) is 11.9. The third-order valence-electron chi connectivity index (χ3n) is 3.28. The maximum Gasteiger partial charge on any atom is 0.204 e. The molecule has 6 nitrogen and oxygen atoms in total. The number of nitrogens with one attached hydrogen (secondary N) is 2. The Morgan fingerprint density at radius 1 is 1.32 bits per heavy atom. The van der Waals surface area contributed by atoms with Crippen LogP contribution in [0.2, 0.25) is 0 Å². The Morgan fingerprint density at radius 2 is 2.00 bits per heavy atom. The lowest BCUT2D eigenvalue weighted by Crippen LogP contribution is -2.27. The normalized spacial score (nSPS) is 14.5. The highest BCUT2D eigenvalue weighted by Crippen LogP contribution is 2.29. The monoisotopic (exact) mass is 265 g/mol. The molecule has 1 heterocycles. The third-order valence-corrected chi connectivity index (χ3v) is 3.28. The third kappa shape index (κ3) is 3.70. The van der Waals surface area contributed by atoms with E-state index < -0.39 is 0 Å². The number of aromatic nitrogens is 2. The molecule has 106 valence electrons. The molecule has 6 heteroatoms. The fourth-order valence-corrected chi connectivity index (χ4v) is 2.03. The van der Waals surface area contributed by atoms with Gasteiger partial charge in [-0.1, -0.05) is 0 Å². The summed E-state index contributed by atoms with van der Waals surface area (Å²) >= 11 is 0. The van der Waals surface area contributed by atoms with Gasteiger partial charge in [0.25, 0.3) is 0 Å². The summed E-state index contributed by atoms with van der Waals surface area (Å²) in [6.07, 6.45) is 4.21. The van der Waals surface area contributed by atoms with Gasteiger partial charge in [0.05, 0.1) is 7.11 Å². The van der Waals surface area contributed by atoms with Gasteiger partial charge >= 0.3 is 0 Å². The van der Waals surface area contributed by atoms with Crippen molar-refractivity contribution >= 4 is 11.6 Å². The number of anilines is 2. The van der Waals surface area contributed by atoms with E-state index in [2.05, 4.69) is 32.5 Å². The van der Waals surface area contributed by atoms with Gasteiger partial charge in [0.1, 0.15) is 6.33 Å². The van der Waals surface area contributed by atoms with Crippen LogP contribution in [0.1, 0.15) is 19.8 Å². The fourth-order valence-electron chi connectivity index (χ4n) is 2.03. The Bertz CT molecular complexity index is 408. The van der Waals surface area contributed by atoms with Crippen LogP contribution in [0.3, 0.4) is 0 Å². The van der Waals surface area contributed by atoms with Gasteiger partial charge in [-0.05, 0) is 26.8 Å². The van der Waals surface area contributed by atoms with Crippen molar-refractivity contribution in [1.29, 1.82) is 0 Å². The molecule has 0 atom stereocenters. The Labute approximate surface area is 114 Å². The molecule has 19 heavy (non-hydrogen) atoms. The average molecular weight is 265 g/mol.